The topological polar surface area (TPSA) is 43.1 Å². The van der Waals surface area contributed by atoms with Crippen LogP contribution in [-0.2, 0) is 6.18 Å². The first-order valence-corrected chi connectivity index (χ1v) is 5.10. The number of rotatable bonds is 2. The third-order valence-corrected chi connectivity index (χ3v) is 2.76. The quantitative estimate of drug-likeness (QED) is 0.849. The molecule has 17 heavy (non-hydrogen) atoms. The average molecular weight is 241 g/mol. The van der Waals surface area contributed by atoms with Gasteiger partial charge in [-0.2, -0.15) is 13.2 Å². The summed E-state index contributed by atoms with van der Waals surface area (Å²) in [4.78, 5) is 11.1. The highest BCUT2D eigenvalue weighted by Crippen LogP contribution is 2.40. The van der Waals surface area contributed by atoms with E-state index in [4.69, 9.17) is 5.73 Å². The Kier molecular flexibility index (Phi) is 2.69. The molecule has 1 aromatic rings. The summed E-state index contributed by atoms with van der Waals surface area (Å²) in [5.41, 5.74) is 4.29. The van der Waals surface area contributed by atoms with Gasteiger partial charge in [-0.1, -0.05) is 18.2 Å². The number of benzene rings is 1. The second-order valence-corrected chi connectivity index (χ2v) is 3.86. The van der Waals surface area contributed by atoms with Crippen molar-refractivity contribution in [2.75, 3.05) is 0 Å². The fraction of sp³-hybridized carbons (Fsp3) is 0.250. The maximum absolute atomic E-state index is 13.0. The smallest absolute Gasteiger partial charge is 0.366 e. The minimum Gasteiger partial charge on any atom is -0.366 e. The number of hydrogen-bond acceptors (Lipinski definition) is 1. The molecule has 90 valence electrons. The van der Waals surface area contributed by atoms with E-state index in [0.29, 0.717) is 12.0 Å². The Labute approximate surface area is 95.9 Å². The van der Waals surface area contributed by atoms with E-state index in [1.165, 1.54) is 12.1 Å². The summed E-state index contributed by atoms with van der Waals surface area (Å²) in [6, 6.07) is 3.90. The van der Waals surface area contributed by atoms with Gasteiger partial charge in [-0.15, -0.1) is 0 Å². The molecular weight excluding hydrogens is 231 g/mol. The maximum atomic E-state index is 13.0. The van der Waals surface area contributed by atoms with E-state index in [9.17, 15) is 18.0 Å². The van der Waals surface area contributed by atoms with Crippen molar-refractivity contribution in [3.8, 4) is 0 Å². The lowest BCUT2D eigenvalue weighted by Gasteiger charge is -2.21. The van der Waals surface area contributed by atoms with Crippen molar-refractivity contribution in [2.24, 2.45) is 5.73 Å². The predicted molar refractivity (Wildman–Crippen MR) is 57.2 cm³/mol. The van der Waals surface area contributed by atoms with Crippen molar-refractivity contribution in [1.29, 1.82) is 0 Å². The van der Waals surface area contributed by atoms with Gasteiger partial charge in [0, 0.05) is 0 Å². The van der Waals surface area contributed by atoms with Crippen molar-refractivity contribution < 1.29 is 18.0 Å². The number of amides is 1. The third-order valence-electron chi connectivity index (χ3n) is 2.76. The van der Waals surface area contributed by atoms with Gasteiger partial charge in [-0.05, 0) is 30.0 Å². The standard InChI is InChI=1S/C12H10F3NO/c13-12(14,15)10-8(7-3-1-4-7)5-2-6-9(10)11(16)17/h2-3,5-6H,1,4H2,(H2,16,17). The molecule has 2 N–H and O–H groups in total. The van der Waals surface area contributed by atoms with Gasteiger partial charge in [0.05, 0.1) is 11.1 Å². The molecule has 0 unspecified atom stereocenters. The van der Waals surface area contributed by atoms with Crippen LogP contribution in [0.2, 0.25) is 0 Å². The van der Waals surface area contributed by atoms with E-state index in [0.717, 1.165) is 12.5 Å². The molecule has 0 fully saturated rings. The highest BCUT2D eigenvalue weighted by molar-refractivity contribution is 5.96. The predicted octanol–water partition coefficient (Wildman–Crippen LogP) is 2.98. The second-order valence-electron chi connectivity index (χ2n) is 3.86. The third kappa shape index (κ3) is 2.05. The molecule has 0 heterocycles. The lowest BCUT2D eigenvalue weighted by atomic mass is 9.86. The maximum Gasteiger partial charge on any atom is 0.417 e. The van der Waals surface area contributed by atoms with Crippen LogP contribution in [0.25, 0.3) is 5.57 Å². The molecule has 0 aliphatic heterocycles. The molecule has 0 aromatic heterocycles. The van der Waals surface area contributed by atoms with E-state index >= 15 is 0 Å². The molecule has 2 nitrogen and oxygen atoms in total. The lowest BCUT2D eigenvalue weighted by molar-refractivity contribution is -0.138. The van der Waals surface area contributed by atoms with Crippen molar-refractivity contribution >= 4 is 11.5 Å². The fourth-order valence-electron chi connectivity index (χ4n) is 1.86. The summed E-state index contributed by atoms with van der Waals surface area (Å²) in [5.74, 6) is -1.06. The fourth-order valence-corrected chi connectivity index (χ4v) is 1.86. The molecule has 0 bridgehead atoms. The van der Waals surface area contributed by atoms with Crippen LogP contribution >= 0.6 is 0 Å². The molecule has 0 radical (unpaired) electrons. The number of halogens is 3. The van der Waals surface area contributed by atoms with Gasteiger partial charge in [0.15, 0.2) is 0 Å². The van der Waals surface area contributed by atoms with Gasteiger partial charge >= 0.3 is 6.18 Å². The first-order chi connectivity index (χ1) is 7.91. The second kappa shape index (κ2) is 3.91. The number of hydrogen-bond donors (Lipinski definition) is 1. The van der Waals surface area contributed by atoms with Crippen LogP contribution in [0.5, 0.6) is 0 Å². The number of nitrogens with two attached hydrogens (primary N) is 1. The Morgan fingerprint density at radius 1 is 1.29 bits per heavy atom. The van der Waals surface area contributed by atoms with Gasteiger partial charge < -0.3 is 5.73 Å². The van der Waals surface area contributed by atoms with Crippen molar-refractivity contribution in [3.05, 3.63) is 41.0 Å². The van der Waals surface area contributed by atoms with Crippen LogP contribution in [0.3, 0.4) is 0 Å². The monoisotopic (exact) mass is 241 g/mol. The highest BCUT2D eigenvalue weighted by Gasteiger charge is 2.38. The normalized spacial score (nSPS) is 15.1. The molecular formula is C12H10F3NO. The highest BCUT2D eigenvalue weighted by atomic mass is 19.4. The van der Waals surface area contributed by atoms with Gasteiger partial charge in [-0.25, -0.2) is 0 Å². The van der Waals surface area contributed by atoms with E-state index in [1.54, 1.807) is 6.08 Å². The summed E-state index contributed by atoms with van der Waals surface area (Å²) >= 11 is 0. The van der Waals surface area contributed by atoms with Crippen LogP contribution in [0.15, 0.2) is 24.3 Å². The zero-order valence-corrected chi connectivity index (χ0v) is 8.84. The van der Waals surface area contributed by atoms with Gasteiger partial charge in [0.1, 0.15) is 0 Å². The first kappa shape index (κ1) is 11.7. The summed E-state index contributed by atoms with van der Waals surface area (Å²) in [6.07, 6.45) is -1.47. The van der Waals surface area contributed by atoms with Crippen LogP contribution in [0.1, 0.15) is 34.3 Å². The molecule has 0 spiro atoms. The summed E-state index contributed by atoms with van der Waals surface area (Å²) < 4.78 is 38.9. The molecule has 1 amide bonds. The average Bonchev–Trinajstić information content (AvgIpc) is 2.12. The van der Waals surface area contributed by atoms with Crippen LogP contribution in [0, 0.1) is 0 Å². The number of carbonyl (C=O) groups excluding carboxylic acids is 1. The number of allylic oxidation sites excluding steroid dienone is 2. The van der Waals surface area contributed by atoms with Crippen LogP contribution in [-0.4, -0.2) is 5.91 Å². The van der Waals surface area contributed by atoms with E-state index in [1.807, 2.05) is 0 Å². The number of carbonyl (C=O) groups is 1. The Morgan fingerprint density at radius 2 is 1.94 bits per heavy atom. The summed E-state index contributed by atoms with van der Waals surface area (Å²) in [7, 11) is 0. The molecule has 1 aromatic carbocycles. The molecule has 2 rings (SSSR count). The van der Waals surface area contributed by atoms with Gasteiger partial charge in [0.2, 0.25) is 5.91 Å². The van der Waals surface area contributed by atoms with Crippen molar-refractivity contribution in [2.45, 2.75) is 19.0 Å². The molecule has 1 aliphatic carbocycles. The SMILES string of the molecule is NC(=O)c1cccc(C2=CCC2)c1C(F)(F)F. The van der Waals surface area contributed by atoms with Crippen molar-refractivity contribution in [3.63, 3.8) is 0 Å². The molecule has 1 aliphatic rings. The minimum atomic E-state index is -4.57. The van der Waals surface area contributed by atoms with Crippen LogP contribution in [0.4, 0.5) is 13.2 Å². The largest absolute Gasteiger partial charge is 0.417 e. The summed E-state index contributed by atoms with van der Waals surface area (Å²) in [6.45, 7) is 0. The van der Waals surface area contributed by atoms with E-state index in [-0.39, 0.29) is 5.56 Å². The zero-order chi connectivity index (χ0) is 12.6. The van der Waals surface area contributed by atoms with Crippen molar-refractivity contribution in [1.82, 2.24) is 0 Å². The first-order valence-electron chi connectivity index (χ1n) is 5.10. The molecule has 5 heteroatoms. The zero-order valence-electron chi connectivity index (χ0n) is 8.84. The summed E-state index contributed by atoms with van der Waals surface area (Å²) in [5, 5.41) is 0. The Bertz CT molecular complexity index is 503. The molecule has 0 saturated carbocycles. The number of primary amides is 1. The Morgan fingerprint density at radius 3 is 2.35 bits per heavy atom. The lowest BCUT2D eigenvalue weighted by Crippen LogP contribution is -2.21. The van der Waals surface area contributed by atoms with E-state index < -0.39 is 23.2 Å². The number of alkyl halides is 3. The molecule has 0 atom stereocenters. The van der Waals surface area contributed by atoms with Gasteiger partial charge in [0.25, 0.3) is 0 Å². The Balaban J connectivity index is 2.67. The van der Waals surface area contributed by atoms with Crippen LogP contribution < -0.4 is 5.73 Å². The molecule has 0 saturated heterocycles. The van der Waals surface area contributed by atoms with E-state index in [2.05, 4.69) is 0 Å². The Hall–Kier alpha value is -1.78. The van der Waals surface area contributed by atoms with Gasteiger partial charge in [-0.3, -0.25) is 4.79 Å². The minimum absolute atomic E-state index is 0.0695.